The Morgan fingerprint density at radius 2 is 0.580 bits per heavy atom. The highest BCUT2D eigenvalue weighted by Gasteiger charge is 2.29. The van der Waals surface area contributed by atoms with Crippen molar-refractivity contribution in [2.75, 3.05) is 0 Å². The first-order valence-electron chi connectivity index (χ1n) is 17.1. The summed E-state index contributed by atoms with van der Waals surface area (Å²) in [6, 6.07) is 66.6. The van der Waals surface area contributed by atoms with Crippen molar-refractivity contribution in [3.05, 3.63) is 193 Å². The molecule has 4 N–H and O–H groups in total. The number of hydrogen-bond donors (Lipinski definition) is 2. The number of rotatable bonds is 9. The van der Waals surface area contributed by atoms with Crippen LogP contribution in [0.5, 0.6) is 0 Å². The van der Waals surface area contributed by atoms with Gasteiger partial charge in [-0.05, 0) is 104 Å². The maximum Gasteiger partial charge on any atom is 0.0184 e. The first-order chi connectivity index (χ1) is 24.8. The first-order valence-corrected chi connectivity index (χ1v) is 19.8. The third-order valence-electron chi connectivity index (χ3n) is 9.45. The second-order valence-corrected chi connectivity index (χ2v) is 16.7. The normalized spacial score (nSPS) is 11.5. The maximum atomic E-state index is 6.61. The summed E-state index contributed by atoms with van der Waals surface area (Å²) in [4.78, 5) is 0. The van der Waals surface area contributed by atoms with Gasteiger partial charge in [0, 0.05) is 13.1 Å². The Morgan fingerprint density at radius 3 is 0.860 bits per heavy atom. The van der Waals surface area contributed by atoms with Gasteiger partial charge in [0.1, 0.15) is 0 Å². The van der Waals surface area contributed by atoms with E-state index in [2.05, 4.69) is 182 Å². The molecule has 8 rings (SSSR count). The fourth-order valence-electron chi connectivity index (χ4n) is 7.25. The van der Waals surface area contributed by atoms with Crippen molar-refractivity contribution in [3.8, 4) is 11.1 Å². The summed E-state index contributed by atoms with van der Waals surface area (Å²) in [5.41, 5.74) is 18.1. The number of nitrogens with two attached hydrogens (primary N) is 2. The van der Waals surface area contributed by atoms with Gasteiger partial charge in [0.25, 0.3) is 0 Å². The number of fused-ring (bicyclic) bond motifs is 2. The van der Waals surface area contributed by atoms with Crippen molar-refractivity contribution in [1.29, 1.82) is 0 Å². The molecule has 8 aromatic rings. The number of hydrogen-bond acceptors (Lipinski definition) is 2. The van der Waals surface area contributed by atoms with Crippen molar-refractivity contribution < 1.29 is 0 Å². The highest BCUT2D eigenvalue weighted by Crippen LogP contribution is 2.46. The van der Waals surface area contributed by atoms with Gasteiger partial charge in [-0.25, -0.2) is 0 Å². The van der Waals surface area contributed by atoms with Gasteiger partial charge in [-0.15, -0.1) is 0 Å². The molecule has 0 spiro atoms. The summed E-state index contributed by atoms with van der Waals surface area (Å²) in [5, 5.41) is 12.7. The molecule has 0 bridgehead atoms. The molecular formula is C46H38N2P2. The van der Waals surface area contributed by atoms with E-state index in [9.17, 15) is 0 Å². The fraction of sp³-hybridized carbons (Fsp3) is 0.0435. The average molecular weight is 681 g/mol. The molecule has 0 fully saturated rings. The van der Waals surface area contributed by atoms with Gasteiger partial charge < -0.3 is 11.5 Å². The van der Waals surface area contributed by atoms with E-state index in [0.29, 0.717) is 13.1 Å². The molecule has 0 saturated carbocycles. The molecule has 50 heavy (non-hydrogen) atoms. The molecular weight excluding hydrogens is 642 g/mol. The van der Waals surface area contributed by atoms with Crippen LogP contribution in [-0.4, -0.2) is 0 Å². The second-order valence-electron chi connectivity index (χ2n) is 12.4. The molecule has 0 aromatic heterocycles. The molecule has 0 radical (unpaired) electrons. The Bertz CT molecular complexity index is 2140. The largest absolute Gasteiger partial charge is 0.326 e. The van der Waals surface area contributed by atoms with E-state index in [-0.39, 0.29) is 0 Å². The third-order valence-corrected chi connectivity index (χ3v) is 14.4. The Hall–Kier alpha value is -4.94. The molecule has 0 saturated heterocycles. The van der Waals surface area contributed by atoms with Crippen LogP contribution in [-0.2, 0) is 13.1 Å². The van der Waals surface area contributed by atoms with Crippen LogP contribution in [0.1, 0.15) is 11.1 Å². The summed E-state index contributed by atoms with van der Waals surface area (Å²) in [5.74, 6) is 0. The molecule has 0 amide bonds. The van der Waals surface area contributed by atoms with Crippen LogP contribution in [0.25, 0.3) is 32.7 Å². The first kappa shape index (κ1) is 32.3. The van der Waals surface area contributed by atoms with Crippen LogP contribution in [0.2, 0.25) is 0 Å². The molecule has 0 aliphatic rings. The van der Waals surface area contributed by atoms with Gasteiger partial charge in [-0.1, -0.05) is 170 Å². The van der Waals surface area contributed by atoms with Crippen LogP contribution in [0.3, 0.4) is 0 Å². The predicted molar refractivity (Wildman–Crippen MR) is 220 cm³/mol. The lowest BCUT2D eigenvalue weighted by Gasteiger charge is -2.30. The highest BCUT2D eigenvalue weighted by molar-refractivity contribution is 7.80. The Balaban J connectivity index is 1.59. The molecule has 0 aliphatic carbocycles. The summed E-state index contributed by atoms with van der Waals surface area (Å²) in [6.45, 7) is 0.919. The molecule has 242 valence electrons. The lowest BCUT2D eigenvalue weighted by Crippen LogP contribution is -2.27. The topological polar surface area (TPSA) is 52.0 Å². The van der Waals surface area contributed by atoms with Crippen LogP contribution < -0.4 is 43.3 Å². The Labute approximate surface area is 296 Å². The molecule has 0 aliphatic heterocycles. The zero-order valence-corrected chi connectivity index (χ0v) is 29.6. The fourth-order valence-corrected chi connectivity index (χ4v) is 12.3. The van der Waals surface area contributed by atoms with Crippen LogP contribution in [0.4, 0.5) is 0 Å². The summed E-state index contributed by atoms with van der Waals surface area (Å²) < 4.78 is 0. The number of benzene rings is 8. The minimum absolute atomic E-state index is 0.459. The van der Waals surface area contributed by atoms with Gasteiger partial charge in [-0.2, -0.15) is 0 Å². The second kappa shape index (κ2) is 14.5. The minimum atomic E-state index is -0.965. The van der Waals surface area contributed by atoms with Gasteiger partial charge in [0.05, 0.1) is 0 Å². The molecule has 2 nitrogen and oxygen atoms in total. The summed E-state index contributed by atoms with van der Waals surface area (Å²) in [7, 11) is -1.93. The van der Waals surface area contributed by atoms with Crippen molar-refractivity contribution in [3.63, 3.8) is 0 Å². The molecule has 0 atom stereocenters. The zero-order chi connectivity index (χ0) is 33.9. The smallest absolute Gasteiger partial charge is 0.0184 e. The van der Waals surface area contributed by atoms with Gasteiger partial charge in [0.2, 0.25) is 0 Å². The van der Waals surface area contributed by atoms with E-state index >= 15 is 0 Å². The van der Waals surface area contributed by atoms with E-state index in [1.54, 1.807) is 0 Å². The monoisotopic (exact) mass is 680 g/mol. The zero-order valence-electron chi connectivity index (χ0n) is 27.8. The van der Waals surface area contributed by atoms with Gasteiger partial charge in [-0.3, -0.25) is 0 Å². The highest BCUT2D eigenvalue weighted by atomic mass is 31.1. The predicted octanol–water partition coefficient (Wildman–Crippen LogP) is 8.09. The van der Waals surface area contributed by atoms with Crippen molar-refractivity contribution in [1.82, 2.24) is 0 Å². The van der Waals surface area contributed by atoms with E-state index in [1.165, 1.54) is 64.5 Å². The van der Waals surface area contributed by atoms with Gasteiger partial charge in [0.15, 0.2) is 0 Å². The molecule has 8 aromatic carbocycles. The average Bonchev–Trinajstić information content (AvgIpc) is 3.19. The SMILES string of the molecule is NCc1cc(P(c2ccccc2)c2ccccc2)c(-c2c(P(c3ccccc3)c3ccccc3)cc(CN)c3ccccc23)c2ccccc12. The van der Waals surface area contributed by atoms with Crippen LogP contribution in [0.15, 0.2) is 182 Å². The van der Waals surface area contributed by atoms with E-state index in [1.807, 2.05) is 0 Å². The summed E-state index contributed by atoms with van der Waals surface area (Å²) in [6.07, 6.45) is 0. The quantitative estimate of drug-likeness (QED) is 0.152. The Morgan fingerprint density at radius 1 is 0.320 bits per heavy atom. The minimum Gasteiger partial charge on any atom is -0.326 e. The molecule has 4 heteroatoms. The maximum absolute atomic E-state index is 6.61. The summed E-state index contributed by atoms with van der Waals surface area (Å²) >= 11 is 0. The van der Waals surface area contributed by atoms with Crippen LogP contribution in [0, 0.1) is 0 Å². The Kier molecular flexibility index (Phi) is 9.36. The van der Waals surface area contributed by atoms with E-state index in [0.717, 1.165) is 11.1 Å². The van der Waals surface area contributed by atoms with Crippen LogP contribution >= 0.6 is 15.8 Å². The van der Waals surface area contributed by atoms with Crippen molar-refractivity contribution >= 4 is 69.2 Å². The third kappa shape index (κ3) is 5.96. The lowest BCUT2D eigenvalue weighted by atomic mass is 9.90. The molecule has 0 heterocycles. The molecule has 0 unspecified atom stereocenters. The van der Waals surface area contributed by atoms with Crippen molar-refractivity contribution in [2.45, 2.75) is 13.1 Å². The van der Waals surface area contributed by atoms with E-state index < -0.39 is 15.8 Å². The van der Waals surface area contributed by atoms with Crippen molar-refractivity contribution in [2.24, 2.45) is 11.5 Å². The van der Waals surface area contributed by atoms with E-state index in [4.69, 9.17) is 11.5 Å². The lowest BCUT2D eigenvalue weighted by molar-refractivity contribution is 1.09. The standard InChI is InChI=1S/C46H38N2P2/c47-31-33-29-43(49(35-17-5-1-6-18-35)36-19-7-2-8-20-36)45(41-27-15-13-25-39(33)41)46-42-28-16-14-26-40(42)34(32-48)30-44(46)50(37-21-9-3-10-22-37)38-23-11-4-12-24-38/h1-30H,31-32,47-48H2. The van der Waals surface area contributed by atoms with Gasteiger partial charge >= 0.3 is 0 Å².